The second-order valence-corrected chi connectivity index (χ2v) is 11.5. The molecule has 2 saturated heterocycles. The van der Waals surface area contributed by atoms with Crippen molar-refractivity contribution in [3.05, 3.63) is 28.7 Å². The molecule has 0 aromatic heterocycles. The van der Waals surface area contributed by atoms with Crippen molar-refractivity contribution >= 4 is 50.1 Å². The molecule has 158 valence electrons. The van der Waals surface area contributed by atoms with Crippen molar-refractivity contribution in [2.24, 2.45) is 5.92 Å². The predicted octanol–water partition coefficient (Wildman–Crippen LogP) is 3.51. The number of methoxy groups -OCH3 is 1. The van der Waals surface area contributed by atoms with E-state index in [1.807, 2.05) is 18.2 Å². The normalized spacial score (nSPS) is 22.7. The lowest BCUT2D eigenvalue weighted by Crippen LogP contribution is -2.39. The molecule has 1 amide bonds. The van der Waals surface area contributed by atoms with Crippen molar-refractivity contribution in [2.75, 3.05) is 25.2 Å². The van der Waals surface area contributed by atoms with Gasteiger partial charge in [0.1, 0.15) is 4.32 Å². The van der Waals surface area contributed by atoms with Crippen LogP contribution < -0.4 is 9.47 Å². The lowest BCUT2D eigenvalue weighted by Gasteiger charge is -2.20. The molecule has 0 N–H and O–H groups in total. The Morgan fingerprint density at radius 1 is 1.34 bits per heavy atom. The summed E-state index contributed by atoms with van der Waals surface area (Å²) in [5, 5.41) is 0. The average Bonchev–Trinajstić information content (AvgIpc) is 3.13. The number of hydrogen-bond acceptors (Lipinski definition) is 7. The molecule has 1 aromatic carbocycles. The summed E-state index contributed by atoms with van der Waals surface area (Å²) in [5.41, 5.74) is 0.789. The van der Waals surface area contributed by atoms with Gasteiger partial charge in [-0.1, -0.05) is 43.9 Å². The van der Waals surface area contributed by atoms with Crippen LogP contribution in [0.4, 0.5) is 0 Å². The fourth-order valence-corrected chi connectivity index (χ4v) is 6.32. The fourth-order valence-electron chi connectivity index (χ4n) is 3.22. The number of thiocarbonyl (C=S) groups is 1. The second-order valence-electron chi connectivity index (χ2n) is 7.55. The van der Waals surface area contributed by atoms with Crippen molar-refractivity contribution in [1.29, 1.82) is 0 Å². The van der Waals surface area contributed by atoms with Crippen molar-refractivity contribution in [3.8, 4) is 11.5 Å². The van der Waals surface area contributed by atoms with Crippen molar-refractivity contribution in [3.63, 3.8) is 0 Å². The van der Waals surface area contributed by atoms with Crippen LogP contribution in [0.3, 0.4) is 0 Å². The third kappa shape index (κ3) is 5.32. The number of ether oxygens (including phenoxy) is 2. The van der Waals surface area contributed by atoms with E-state index in [4.69, 9.17) is 21.7 Å². The number of nitrogens with zero attached hydrogens (tertiary/aromatic N) is 1. The largest absolute Gasteiger partial charge is 0.493 e. The average molecular weight is 456 g/mol. The number of carbonyl (C=O) groups excluding carboxylic acids is 1. The lowest BCUT2D eigenvalue weighted by molar-refractivity contribution is -0.123. The van der Waals surface area contributed by atoms with E-state index in [1.54, 1.807) is 13.2 Å². The third-order valence-electron chi connectivity index (χ3n) is 4.84. The fraction of sp³-hybridized carbons (Fsp3) is 0.500. The van der Waals surface area contributed by atoms with Gasteiger partial charge in [0, 0.05) is 0 Å². The molecule has 6 nitrogen and oxygen atoms in total. The summed E-state index contributed by atoms with van der Waals surface area (Å²) in [6.45, 7) is 4.89. The van der Waals surface area contributed by atoms with Crippen LogP contribution in [0, 0.1) is 5.92 Å². The molecular weight excluding hydrogens is 430 g/mol. The second kappa shape index (κ2) is 9.06. The molecule has 1 aromatic rings. The number of thioether (sulfide) groups is 1. The highest BCUT2D eigenvalue weighted by atomic mass is 32.2. The van der Waals surface area contributed by atoms with E-state index in [1.165, 1.54) is 16.7 Å². The highest BCUT2D eigenvalue weighted by Gasteiger charge is 2.42. The first-order valence-electron chi connectivity index (χ1n) is 9.48. The Bertz CT molecular complexity index is 939. The van der Waals surface area contributed by atoms with Crippen molar-refractivity contribution < 1.29 is 22.7 Å². The number of rotatable bonds is 7. The van der Waals surface area contributed by atoms with Crippen LogP contribution in [-0.2, 0) is 14.6 Å². The summed E-state index contributed by atoms with van der Waals surface area (Å²) in [7, 11) is -1.52. The van der Waals surface area contributed by atoms with Crippen LogP contribution in [0.2, 0.25) is 0 Å². The minimum atomic E-state index is -3.10. The van der Waals surface area contributed by atoms with Gasteiger partial charge in [-0.25, -0.2) is 8.42 Å². The first kappa shape index (κ1) is 22.1. The van der Waals surface area contributed by atoms with Gasteiger partial charge in [0.2, 0.25) is 0 Å². The molecule has 2 heterocycles. The van der Waals surface area contributed by atoms with Crippen LogP contribution >= 0.6 is 24.0 Å². The zero-order valence-corrected chi connectivity index (χ0v) is 19.2. The standard InChI is InChI=1S/C20H25NO5S3/c1-13(2)6-8-26-16-5-4-14(10-17(16)25-3)11-18-19(22)21(20(27)28-18)15-7-9-29(23,24)12-15/h4-5,10-11,13,15H,6-9,12H2,1-3H3. The Labute approximate surface area is 181 Å². The predicted molar refractivity (Wildman–Crippen MR) is 120 cm³/mol. The van der Waals surface area contributed by atoms with Gasteiger partial charge in [-0.2, -0.15) is 0 Å². The summed E-state index contributed by atoms with van der Waals surface area (Å²) in [4.78, 5) is 14.8. The van der Waals surface area contributed by atoms with Gasteiger partial charge in [-0.15, -0.1) is 0 Å². The summed E-state index contributed by atoms with van der Waals surface area (Å²) in [6.07, 6.45) is 3.13. The molecule has 3 rings (SSSR count). The Kier molecular flexibility index (Phi) is 6.90. The maximum atomic E-state index is 12.8. The highest BCUT2D eigenvalue weighted by Crippen LogP contribution is 2.37. The molecule has 0 radical (unpaired) electrons. The van der Waals surface area contributed by atoms with E-state index in [9.17, 15) is 13.2 Å². The molecule has 2 aliphatic rings. The van der Waals surface area contributed by atoms with Gasteiger partial charge in [0.05, 0.1) is 36.2 Å². The number of carbonyl (C=O) groups is 1. The van der Waals surface area contributed by atoms with E-state index in [0.717, 1.165) is 12.0 Å². The minimum Gasteiger partial charge on any atom is -0.493 e. The summed E-state index contributed by atoms with van der Waals surface area (Å²) < 4.78 is 35.2. The Hall–Kier alpha value is -1.58. The van der Waals surface area contributed by atoms with E-state index in [0.29, 0.717) is 39.7 Å². The maximum Gasteiger partial charge on any atom is 0.266 e. The quantitative estimate of drug-likeness (QED) is 0.460. The van der Waals surface area contributed by atoms with Crippen molar-refractivity contribution in [1.82, 2.24) is 4.90 Å². The number of hydrogen-bond donors (Lipinski definition) is 0. The highest BCUT2D eigenvalue weighted by molar-refractivity contribution is 8.26. The van der Waals surface area contributed by atoms with Crippen LogP contribution in [0.15, 0.2) is 23.1 Å². The summed E-state index contributed by atoms with van der Waals surface area (Å²) in [5.74, 6) is 1.65. The first-order valence-corrected chi connectivity index (χ1v) is 12.5. The number of benzene rings is 1. The van der Waals surface area contributed by atoms with Crippen LogP contribution in [0.1, 0.15) is 32.3 Å². The van der Waals surface area contributed by atoms with Crippen LogP contribution in [0.25, 0.3) is 6.08 Å². The molecule has 0 bridgehead atoms. The molecule has 29 heavy (non-hydrogen) atoms. The van der Waals surface area contributed by atoms with Gasteiger partial charge in [-0.05, 0) is 42.5 Å². The van der Waals surface area contributed by atoms with Gasteiger partial charge >= 0.3 is 0 Å². The monoisotopic (exact) mass is 455 g/mol. The molecule has 1 atom stereocenters. The van der Waals surface area contributed by atoms with Crippen molar-refractivity contribution in [2.45, 2.75) is 32.7 Å². The van der Waals surface area contributed by atoms with E-state index >= 15 is 0 Å². The van der Waals surface area contributed by atoms with E-state index < -0.39 is 9.84 Å². The molecule has 0 aliphatic carbocycles. The smallest absolute Gasteiger partial charge is 0.266 e. The Morgan fingerprint density at radius 3 is 2.72 bits per heavy atom. The third-order valence-corrected chi connectivity index (χ3v) is 7.92. The molecule has 9 heteroatoms. The summed E-state index contributed by atoms with van der Waals surface area (Å²) >= 11 is 6.55. The first-order chi connectivity index (χ1) is 13.7. The molecule has 1 unspecified atom stereocenters. The van der Waals surface area contributed by atoms with Gasteiger partial charge in [0.15, 0.2) is 21.3 Å². The molecule has 0 saturated carbocycles. The Morgan fingerprint density at radius 2 is 2.10 bits per heavy atom. The molecular formula is C20H25NO5S3. The van der Waals surface area contributed by atoms with Crippen LogP contribution in [-0.4, -0.2) is 54.8 Å². The Balaban J connectivity index is 1.76. The lowest BCUT2D eigenvalue weighted by atomic mass is 10.1. The van der Waals surface area contributed by atoms with Gasteiger partial charge < -0.3 is 9.47 Å². The van der Waals surface area contributed by atoms with Gasteiger partial charge in [0.25, 0.3) is 5.91 Å². The number of amides is 1. The topological polar surface area (TPSA) is 72.9 Å². The number of sulfone groups is 1. The molecule has 2 fully saturated rings. The van der Waals surface area contributed by atoms with E-state index in [-0.39, 0.29) is 23.5 Å². The van der Waals surface area contributed by atoms with Crippen LogP contribution in [0.5, 0.6) is 11.5 Å². The summed E-state index contributed by atoms with van der Waals surface area (Å²) in [6, 6.07) is 5.14. The molecule has 0 spiro atoms. The minimum absolute atomic E-state index is 0.0248. The van der Waals surface area contributed by atoms with Gasteiger partial charge in [-0.3, -0.25) is 9.69 Å². The zero-order chi connectivity index (χ0) is 21.2. The SMILES string of the molecule is COc1cc(C=C2SC(=S)N(C3CCS(=O)(=O)C3)C2=O)ccc1OCCC(C)C. The maximum absolute atomic E-state index is 12.8. The molecule has 2 aliphatic heterocycles. The zero-order valence-electron chi connectivity index (χ0n) is 16.7. The van der Waals surface area contributed by atoms with E-state index in [2.05, 4.69) is 13.8 Å².